The van der Waals surface area contributed by atoms with Crippen molar-refractivity contribution in [1.82, 2.24) is 0 Å². The number of ether oxygens (including phenoxy) is 1. The predicted octanol–water partition coefficient (Wildman–Crippen LogP) is 4.22. The second-order valence-corrected chi connectivity index (χ2v) is 7.78. The molecule has 0 saturated heterocycles. The Morgan fingerprint density at radius 1 is 1.33 bits per heavy atom. The van der Waals surface area contributed by atoms with Crippen molar-refractivity contribution in [3.8, 4) is 0 Å². The normalized spacial score (nSPS) is 32.3. The predicted molar refractivity (Wildman–Crippen MR) is 75.6 cm³/mol. The zero-order valence-corrected chi connectivity index (χ0v) is 13.2. The van der Waals surface area contributed by atoms with Crippen LogP contribution in [0, 0.1) is 16.7 Å². The fraction of sp³-hybridized carbons (Fsp3) is 0.938. The number of Topliss-reactive ketones (excluding diaryl/α,β-unsaturated/α-hetero) is 1. The first-order chi connectivity index (χ1) is 8.07. The fourth-order valence-electron chi connectivity index (χ4n) is 3.76. The highest BCUT2D eigenvalue weighted by molar-refractivity contribution is 5.89. The van der Waals surface area contributed by atoms with Gasteiger partial charge in [-0.25, -0.2) is 0 Å². The van der Waals surface area contributed by atoms with Gasteiger partial charge in [-0.1, -0.05) is 48.0 Å². The van der Waals surface area contributed by atoms with Crippen LogP contribution in [0.25, 0.3) is 0 Å². The van der Waals surface area contributed by atoms with E-state index in [1.165, 1.54) is 6.42 Å². The number of ketones is 1. The molecule has 0 radical (unpaired) electrons. The summed E-state index contributed by atoms with van der Waals surface area (Å²) in [4.78, 5) is 12.9. The summed E-state index contributed by atoms with van der Waals surface area (Å²) in [6.07, 6.45) is 3.95. The molecule has 0 aromatic rings. The Labute approximate surface area is 112 Å². The van der Waals surface area contributed by atoms with Gasteiger partial charge in [0.25, 0.3) is 0 Å². The SMILES string of the molecule is COC1(C(=O)CC(C)(C)C)C(C)CCCC1(C)C. The number of hydrogen-bond donors (Lipinski definition) is 0. The van der Waals surface area contributed by atoms with Crippen molar-refractivity contribution in [2.24, 2.45) is 16.7 Å². The summed E-state index contributed by atoms with van der Waals surface area (Å²) in [5.41, 5.74) is -0.643. The van der Waals surface area contributed by atoms with Crippen LogP contribution in [0.5, 0.6) is 0 Å². The van der Waals surface area contributed by atoms with E-state index < -0.39 is 5.60 Å². The Kier molecular flexibility index (Phi) is 4.32. The Bertz CT molecular complexity index is 312. The number of carbonyl (C=O) groups is 1. The average Bonchev–Trinajstić information content (AvgIpc) is 2.14. The molecular weight excluding hydrogens is 224 g/mol. The van der Waals surface area contributed by atoms with E-state index in [1.54, 1.807) is 7.11 Å². The minimum Gasteiger partial charge on any atom is -0.370 e. The molecular formula is C16H30O2. The van der Waals surface area contributed by atoms with Gasteiger partial charge in [0.1, 0.15) is 5.60 Å². The number of methoxy groups -OCH3 is 1. The van der Waals surface area contributed by atoms with Crippen LogP contribution in [-0.4, -0.2) is 18.5 Å². The van der Waals surface area contributed by atoms with Crippen molar-refractivity contribution >= 4 is 5.78 Å². The fourth-order valence-corrected chi connectivity index (χ4v) is 3.76. The summed E-state index contributed by atoms with van der Waals surface area (Å²) in [5, 5.41) is 0. The van der Waals surface area contributed by atoms with E-state index in [0.29, 0.717) is 12.3 Å². The van der Waals surface area contributed by atoms with Crippen molar-refractivity contribution < 1.29 is 9.53 Å². The summed E-state index contributed by atoms with van der Waals surface area (Å²) in [6.45, 7) is 12.9. The van der Waals surface area contributed by atoms with Gasteiger partial charge in [0.15, 0.2) is 5.78 Å². The van der Waals surface area contributed by atoms with Crippen LogP contribution >= 0.6 is 0 Å². The lowest BCUT2D eigenvalue weighted by atomic mass is 9.57. The zero-order chi connectivity index (χ0) is 14.2. The van der Waals surface area contributed by atoms with Crippen LogP contribution in [0.4, 0.5) is 0 Å². The first kappa shape index (κ1) is 15.7. The second-order valence-electron chi connectivity index (χ2n) is 7.78. The molecule has 1 aliphatic rings. The standard InChI is InChI=1S/C16H30O2/c1-12-9-8-10-15(5,6)16(12,18-7)13(17)11-14(2,3)4/h12H,8-11H2,1-7H3. The molecule has 0 aliphatic heterocycles. The molecule has 2 nitrogen and oxygen atoms in total. The van der Waals surface area contributed by atoms with Gasteiger partial charge in [-0.05, 0) is 24.2 Å². The Morgan fingerprint density at radius 3 is 2.28 bits per heavy atom. The summed E-state index contributed by atoms with van der Waals surface area (Å²) in [5.74, 6) is 0.593. The third-order valence-corrected chi connectivity index (χ3v) is 4.57. The molecule has 0 heterocycles. The largest absolute Gasteiger partial charge is 0.370 e. The summed E-state index contributed by atoms with van der Waals surface area (Å²) in [7, 11) is 1.71. The maximum Gasteiger partial charge on any atom is 0.165 e. The van der Waals surface area contributed by atoms with Gasteiger partial charge < -0.3 is 4.74 Å². The Morgan fingerprint density at radius 2 is 1.89 bits per heavy atom. The summed E-state index contributed by atoms with van der Waals surface area (Å²) >= 11 is 0. The summed E-state index contributed by atoms with van der Waals surface area (Å²) in [6, 6.07) is 0. The van der Waals surface area contributed by atoms with Gasteiger partial charge in [-0.15, -0.1) is 0 Å². The molecule has 2 unspecified atom stereocenters. The molecule has 1 rings (SSSR count). The molecule has 18 heavy (non-hydrogen) atoms. The molecule has 0 aromatic carbocycles. The lowest BCUT2D eigenvalue weighted by Crippen LogP contribution is -2.60. The van der Waals surface area contributed by atoms with Crippen LogP contribution in [0.15, 0.2) is 0 Å². The zero-order valence-electron chi connectivity index (χ0n) is 13.2. The monoisotopic (exact) mass is 254 g/mol. The molecule has 0 N–H and O–H groups in total. The van der Waals surface area contributed by atoms with E-state index in [9.17, 15) is 4.79 Å². The van der Waals surface area contributed by atoms with Crippen molar-refractivity contribution in [3.63, 3.8) is 0 Å². The van der Waals surface area contributed by atoms with Crippen LogP contribution in [-0.2, 0) is 9.53 Å². The maximum atomic E-state index is 12.9. The lowest BCUT2D eigenvalue weighted by Gasteiger charge is -2.52. The smallest absolute Gasteiger partial charge is 0.165 e. The second kappa shape index (κ2) is 4.96. The minimum atomic E-state index is -0.599. The van der Waals surface area contributed by atoms with Gasteiger partial charge in [0.2, 0.25) is 0 Å². The van der Waals surface area contributed by atoms with Crippen LogP contribution in [0.2, 0.25) is 0 Å². The van der Waals surface area contributed by atoms with Crippen molar-refractivity contribution in [1.29, 1.82) is 0 Å². The Hall–Kier alpha value is -0.370. The van der Waals surface area contributed by atoms with Crippen molar-refractivity contribution in [2.75, 3.05) is 7.11 Å². The lowest BCUT2D eigenvalue weighted by molar-refractivity contribution is -0.181. The minimum absolute atomic E-state index is 0.0237. The molecule has 2 atom stereocenters. The molecule has 0 spiro atoms. The quantitative estimate of drug-likeness (QED) is 0.753. The van der Waals surface area contributed by atoms with E-state index in [-0.39, 0.29) is 16.6 Å². The Balaban J connectivity index is 3.12. The molecule has 1 fully saturated rings. The average molecular weight is 254 g/mol. The molecule has 1 aliphatic carbocycles. The first-order valence-electron chi connectivity index (χ1n) is 7.15. The van der Waals surface area contributed by atoms with E-state index in [0.717, 1.165) is 12.8 Å². The first-order valence-corrected chi connectivity index (χ1v) is 7.15. The van der Waals surface area contributed by atoms with E-state index in [1.807, 2.05) is 0 Å². The third kappa shape index (κ3) is 2.64. The third-order valence-electron chi connectivity index (χ3n) is 4.57. The summed E-state index contributed by atoms with van der Waals surface area (Å²) < 4.78 is 5.86. The van der Waals surface area contributed by atoms with Gasteiger partial charge in [0.05, 0.1) is 0 Å². The van der Waals surface area contributed by atoms with Gasteiger partial charge in [0, 0.05) is 18.9 Å². The number of hydrogen-bond acceptors (Lipinski definition) is 2. The van der Waals surface area contributed by atoms with Crippen LogP contribution < -0.4 is 0 Å². The highest BCUT2D eigenvalue weighted by Gasteiger charge is 2.56. The van der Waals surface area contributed by atoms with E-state index in [2.05, 4.69) is 41.5 Å². The van der Waals surface area contributed by atoms with Gasteiger partial charge in [-0.2, -0.15) is 0 Å². The topological polar surface area (TPSA) is 26.3 Å². The number of carbonyl (C=O) groups excluding carboxylic acids is 1. The van der Waals surface area contributed by atoms with Crippen LogP contribution in [0.1, 0.15) is 67.2 Å². The van der Waals surface area contributed by atoms with Crippen molar-refractivity contribution in [2.45, 2.75) is 72.8 Å². The number of rotatable bonds is 3. The molecule has 1 saturated carbocycles. The molecule has 0 bridgehead atoms. The molecule has 0 amide bonds. The highest BCUT2D eigenvalue weighted by Crippen LogP contribution is 2.50. The van der Waals surface area contributed by atoms with Crippen LogP contribution in [0.3, 0.4) is 0 Å². The van der Waals surface area contributed by atoms with Gasteiger partial charge >= 0.3 is 0 Å². The maximum absolute atomic E-state index is 12.9. The van der Waals surface area contributed by atoms with E-state index >= 15 is 0 Å². The highest BCUT2D eigenvalue weighted by atomic mass is 16.5. The molecule has 2 heteroatoms. The van der Waals surface area contributed by atoms with Crippen molar-refractivity contribution in [3.05, 3.63) is 0 Å². The molecule has 0 aromatic heterocycles. The van der Waals surface area contributed by atoms with E-state index in [4.69, 9.17) is 4.74 Å². The van der Waals surface area contributed by atoms with Gasteiger partial charge in [-0.3, -0.25) is 4.79 Å². The molecule has 106 valence electrons.